The molecule has 0 aliphatic heterocycles. The number of methoxy groups -OCH3 is 1. The molecule has 1 rings (SSSR count). The monoisotopic (exact) mass is 267 g/mol. The summed E-state index contributed by atoms with van der Waals surface area (Å²) in [6.45, 7) is 4.54. The van der Waals surface area contributed by atoms with Crippen LogP contribution in [0, 0.1) is 0 Å². The molecule has 2 N–H and O–H groups in total. The maximum absolute atomic E-state index is 11.5. The lowest BCUT2D eigenvalue weighted by Crippen LogP contribution is -2.43. The maximum atomic E-state index is 11.5. The Labute approximate surface area is 113 Å². The summed E-state index contributed by atoms with van der Waals surface area (Å²) in [5.74, 6) is -0.152. The predicted octanol–water partition coefficient (Wildman–Crippen LogP) is 1.17. The highest BCUT2D eigenvalue weighted by Gasteiger charge is 2.22. The first kappa shape index (κ1) is 15.2. The van der Waals surface area contributed by atoms with E-state index in [2.05, 4.69) is 9.72 Å². The Hall–Kier alpha value is -1.82. The summed E-state index contributed by atoms with van der Waals surface area (Å²) in [5.41, 5.74) is 6.05. The molecule has 19 heavy (non-hydrogen) atoms. The summed E-state index contributed by atoms with van der Waals surface area (Å²) >= 11 is 0. The van der Waals surface area contributed by atoms with Crippen molar-refractivity contribution >= 4 is 11.7 Å². The fraction of sp³-hybridized carbons (Fsp3) is 0.538. The Morgan fingerprint density at radius 2 is 2.11 bits per heavy atom. The third-order valence-corrected chi connectivity index (χ3v) is 3.10. The van der Waals surface area contributed by atoms with Crippen LogP contribution in [-0.4, -0.2) is 49.2 Å². The minimum Gasteiger partial charge on any atom is -0.476 e. The van der Waals surface area contributed by atoms with E-state index in [4.69, 9.17) is 10.5 Å². The van der Waals surface area contributed by atoms with Crippen molar-refractivity contribution in [1.82, 2.24) is 9.88 Å². The Morgan fingerprint density at radius 1 is 1.47 bits per heavy atom. The van der Waals surface area contributed by atoms with E-state index in [1.165, 1.54) is 19.4 Å². The average Bonchev–Trinajstić information content (AvgIpc) is 2.36. The number of likely N-dealkylation sites (N-methyl/N-ethyl adjacent to an activating group) is 1. The van der Waals surface area contributed by atoms with Crippen molar-refractivity contribution in [2.75, 3.05) is 33.5 Å². The van der Waals surface area contributed by atoms with Gasteiger partial charge in [-0.25, -0.2) is 9.78 Å². The third kappa shape index (κ3) is 3.82. The van der Waals surface area contributed by atoms with Gasteiger partial charge in [0.25, 0.3) is 0 Å². The second-order valence-electron chi connectivity index (χ2n) is 5.10. The summed E-state index contributed by atoms with van der Waals surface area (Å²) in [6, 6.07) is 1.49. The second-order valence-corrected chi connectivity index (χ2v) is 5.10. The fourth-order valence-electron chi connectivity index (χ4n) is 1.19. The van der Waals surface area contributed by atoms with Crippen LogP contribution in [0.3, 0.4) is 0 Å². The molecule has 0 radical (unpaired) electrons. The molecule has 1 heterocycles. The number of ether oxygens (including phenoxy) is 2. The molecule has 1 aromatic heterocycles. The first-order valence-electron chi connectivity index (χ1n) is 5.92. The number of nitrogens with two attached hydrogens (primary N) is 1. The standard InChI is InChI=1S/C13H21N3O3/c1-13(2,16(3)4)8-19-11-6-9(12(17)18-5)10(14)7-15-11/h6-7H,8,14H2,1-5H3. The summed E-state index contributed by atoms with van der Waals surface area (Å²) in [4.78, 5) is 17.6. The largest absolute Gasteiger partial charge is 0.476 e. The Morgan fingerprint density at radius 3 is 2.63 bits per heavy atom. The number of nitrogen functional groups attached to an aromatic ring is 1. The van der Waals surface area contributed by atoms with Gasteiger partial charge < -0.3 is 20.1 Å². The van der Waals surface area contributed by atoms with Crippen LogP contribution in [0.5, 0.6) is 5.88 Å². The number of nitrogens with zero attached hydrogens (tertiary/aromatic N) is 2. The van der Waals surface area contributed by atoms with E-state index in [0.29, 0.717) is 12.5 Å². The van der Waals surface area contributed by atoms with Gasteiger partial charge in [-0.05, 0) is 27.9 Å². The number of rotatable bonds is 5. The highest BCUT2D eigenvalue weighted by atomic mass is 16.5. The van der Waals surface area contributed by atoms with Crippen LogP contribution in [0.15, 0.2) is 12.3 Å². The molecule has 1 aromatic rings. The molecule has 106 valence electrons. The van der Waals surface area contributed by atoms with Gasteiger partial charge >= 0.3 is 5.97 Å². The van der Waals surface area contributed by atoms with E-state index in [1.54, 1.807) is 0 Å². The third-order valence-electron chi connectivity index (χ3n) is 3.10. The van der Waals surface area contributed by atoms with Crippen molar-refractivity contribution in [2.24, 2.45) is 0 Å². The molecule has 0 aliphatic rings. The number of hydrogen-bond acceptors (Lipinski definition) is 6. The smallest absolute Gasteiger partial charge is 0.340 e. The predicted molar refractivity (Wildman–Crippen MR) is 73.2 cm³/mol. The van der Waals surface area contributed by atoms with Gasteiger partial charge in [-0.3, -0.25) is 0 Å². The van der Waals surface area contributed by atoms with Crippen LogP contribution >= 0.6 is 0 Å². The van der Waals surface area contributed by atoms with Gasteiger partial charge in [0, 0.05) is 11.6 Å². The number of carbonyl (C=O) groups is 1. The van der Waals surface area contributed by atoms with Crippen LogP contribution in [0.4, 0.5) is 5.69 Å². The minimum atomic E-state index is -0.503. The second kappa shape index (κ2) is 5.88. The highest BCUT2D eigenvalue weighted by molar-refractivity contribution is 5.95. The summed E-state index contributed by atoms with van der Waals surface area (Å²) < 4.78 is 10.3. The Bertz CT molecular complexity index is 458. The zero-order valence-electron chi connectivity index (χ0n) is 12.1. The molecular formula is C13H21N3O3. The molecule has 0 amide bonds. The number of esters is 1. The maximum Gasteiger partial charge on any atom is 0.340 e. The molecule has 6 nitrogen and oxygen atoms in total. The molecular weight excluding hydrogens is 246 g/mol. The average molecular weight is 267 g/mol. The van der Waals surface area contributed by atoms with Gasteiger partial charge in [0.2, 0.25) is 5.88 Å². The summed E-state index contributed by atoms with van der Waals surface area (Å²) in [6.07, 6.45) is 1.39. The summed E-state index contributed by atoms with van der Waals surface area (Å²) in [5, 5.41) is 0. The number of carbonyl (C=O) groups excluding carboxylic acids is 1. The lowest BCUT2D eigenvalue weighted by molar-refractivity contribution is 0.0600. The van der Waals surface area contributed by atoms with Gasteiger partial charge in [0.05, 0.1) is 24.6 Å². The number of anilines is 1. The molecule has 0 saturated carbocycles. The highest BCUT2D eigenvalue weighted by Crippen LogP contribution is 2.19. The van der Waals surface area contributed by atoms with Crippen molar-refractivity contribution in [2.45, 2.75) is 19.4 Å². The molecule has 0 aromatic carbocycles. The SMILES string of the molecule is COC(=O)c1cc(OCC(C)(C)N(C)C)ncc1N. The number of hydrogen-bond donors (Lipinski definition) is 1. The van der Waals surface area contributed by atoms with E-state index in [0.717, 1.165) is 0 Å². The molecule has 6 heteroatoms. The number of aromatic nitrogens is 1. The van der Waals surface area contributed by atoms with Crippen LogP contribution in [0.1, 0.15) is 24.2 Å². The van der Waals surface area contributed by atoms with Crippen molar-refractivity contribution in [3.63, 3.8) is 0 Å². The van der Waals surface area contributed by atoms with Crippen molar-refractivity contribution in [3.8, 4) is 5.88 Å². The molecule has 0 spiro atoms. The van der Waals surface area contributed by atoms with Crippen LogP contribution in [0.2, 0.25) is 0 Å². The van der Waals surface area contributed by atoms with Gasteiger partial charge in [-0.1, -0.05) is 0 Å². The molecule has 0 saturated heterocycles. The zero-order chi connectivity index (χ0) is 14.6. The van der Waals surface area contributed by atoms with E-state index in [-0.39, 0.29) is 16.8 Å². The lowest BCUT2D eigenvalue weighted by Gasteiger charge is -2.31. The van der Waals surface area contributed by atoms with Crippen LogP contribution in [-0.2, 0) is 4.74 Å². The zero-order valence-corrected chi connectivity index (χ0v) is 12.1. The van der Waals surface area contributed by atoms with Crippen molar-refractivity contribution in [1.29, 1.82) is 0 Å². The topological polar surface area (TPSA) is 77.7 Å². The Kier molecular flexibility index (Phi) is 4.72. The lowest BCUT2D eigenvalue weighted by atomic mass is 10.1. The van der Waals surface area contributed by atoms with Gasteiger partial charge in [-0.15, -0.1) is 0 Å². The van der Waals surface area contributed by atoms with Crippen molar-refractivity contribution in [3.05, 3.63) is 17.8 Å². The van der Waals surface area contributed by atoms with Gasteiger partial charge in [0.15, 0.2) is 0 Å². The van der Waals surface area contributed by atoms with E-state index < -0.39 is 5.97 Å². The molecule has 0 atom stereocenters. The molecule has 0 unspecified atom stereocenters. The Balaban J connectivity index is 2.84. The first-order chi connectivity index (χ1) is 8.77. The first-order valence-corrected chi connectivity index (χ1v) is 5.92. The van der Waals surface area contributed by atoms with Crippen LogP contribution in [0.25, 0.3) is 0 Å². The number of pyridine rings is 1. The molecule has 0 bridgehead atoms. The van der Waals surface area contributed by atoms with Crippen molar-refractivity contribution < 1.29 is 14.3 Å². The molecule has 0 fully saturated rings. The van der Waals surface area contributed by atoms with Gasteiger partial charge in [-0.2, -0.15) is 0 Å². The quantitative estimate of drug-likeness (QED) is 0.807. The minimum absolute atomic E-state index is 0.144. The van der Waals surface area contributed by atoms with E-state index in [1.807, 2.05) is 32.8 Å². The normalized spacial score (nSPS) is 11.5. The van der Waals surface area contributed by atoms with E-state index in [9.17, 15) is 4.79 Å². The summed E-state index contributed by atoms with van der Waals surface area (Å²) in [7, 11) is 5.25. The van der Waals surface area contributed by atoms with Crippen LogP contribution < -0.4 is 10.5 Å². The van der Waals surface area contributed by atoms with E-state index >= 15 is 0 Å². The van der Waals surface area contributed by atoms with Gasteiger partial charge in [0.1, 0.15) is 6.61 Å². The molecule has 0 aliphatic carbocycles. The fourth-order valence-corrected chi connectivity index (χ4v) is 1.19.